The van der Waals surface area contributed by atoms with Crippen LogP contribution in [0, 0.1) is 11.6 Å². The molecule has 0 aliphatic heterocycles. The van der Waals surface area contributed by atoms with Gasteiger partial charge in [0.1, 0.15) is 11.6 Å². The standard InChI is InChI=1S/C12H17F2N/c1-3-4-12(2,15)8-9-5-10(13)7-11(14)6-9/h5-7H,3-4,8,15H2,1-2H3. The first-order chi connectivity index (χ1) is 6.93. The van der Waals surface area contributed by atoms with Gasteiger partial charge in [0.25, 0.3) is 0 Å². The van der Waals surface area contributed by atoms with E-state index in [0.29, 0.717) is 12.0 Å². The second-order valence-electron chi connectivity index (χ2n) is 4.36. The van der Waals surface area contributed by atoms with Gasteiger partial charge in [-0.15, -0.1) is 0 Å². The van der Waals surface area contributed by atoms with Crippen LogP contribution in [0.3, 0.4) is 0 Å². The number of hydrogen-bond acceptors (Lipinski definition) is 1. The van der Waals surface area contributed by atoms with Crippen LogP contribution < -0.4 is 5.73 Å². The molecule has 1 unspecified atom stereocenters. The number of rotatable bonds is 4. The molecule has 0 saturated carbocycles. The van der Waals surface area contributed by atoms with E-state index in [9.17, 15) is 8.78 Å². The van der Waals surface area contributed by atoms with Gasteiger partial charge in [-0.3, -0.25) is 0 Å². The Kier molecular flexibility index (Phi) is 3.80. The van der Waals surface area contributed by atoms with E-state index in [-0.39, 0.29) is 0 Å². The normalized spacial score (nSPS) is 15.0. The summed E-state index contributed by atoms with van der Waals surface area (Å²) >= 11 is 0. The fourth-order valence-electron chi connectivity index (χ4n) is 1.84. The molecular weight excluding hydrogens is 196 g/mol. The summed E-state index contributed by atoms with van der Waals surface area (Å²) in [4.78, 5) is 0. The highest BCUT2D eigenvalue weighted by Gasteiger charge is 2.18. The molecule has 0 saturated heterocycles. The molecule has 84 valence electrons. The van der Waals surface area contributed by atoms with Crippen molar-refractivity contribution >= 4 is 0 Å². The van der Waals surface area contributed by atoms with Crippen molar-refractivity contribution in [3.63, 3.8) is 0 Å². The van der Waals surface area contributed by atoms with E-state index in [1.165, 1.54) is 12.1 Å². The Balaban J connectivity index is 2.80. The summed E-state index contributed by atoms with van der Waals surface area (Å²) < 4.78 is 25.8. The number of halogens is 2. The molecule has 0 aliphatic rings. The van der Waals surface area contributed by atoms with E-state index in [1.807, 2.05) is 13.8 Å². The van der Waals surface area contributed by atoms with Crippen LogP contribution in [0.5, 0.6) is 0 Å². The van der Waals surface area contributed by atoms with Crippen LogP contribution in [0.1, 0.15) is 32.3 Å². The molecule has 1 rings (SSSR count). The van der Waals surface area contributed by atoms with Crippen molar-refractivity contribution in [2.24, 2.45) is 5.73 Å². The third-order valence-electron chi connectivity index (χ3n) is 2.35. The fourth-order valence-corrected chi connectivity index (χ4v) is 1.84. The first-order valence-corrected chi connectivity index (χ1v) is 5.17. The Bertz CT molecular complexity index is 314. The van der Waals surface area contributed by atoms with Crippen LogP contribution in [0.25, 0.3) is 0 Å². The molecule has 0 heterocycles. The van der Waals surface area contributed by atoms with Crippen molar-refractivity contribution < 1.29 is 8.78 Å². The van der Waals surface area contributed by atoms with Gasteiger partial charge >= 0.3 is 0 Å². The van der Waals surface area contributed by atoms with E-state index in [1.54, 1.807) is 0 Å². The minimum Gasteiger partial charge on any atom is -0.325 e. The van der Waals surface area contributed by atoms with Gasteiger partial charge in [0.15, 0.2) is 0 Å². The van der Waals surface area contributed by atoms with Gasteiger partial charge in [0.05, 0.1) is 0 Å². The van der Waals surface area contributed by atoms with Gasteiger partial charge in [-0.25, -0.2) is 8.78 Å². The summed E-state index contributed by atoms with van der Waals surface area (Å²) in [6.07, 6.45) is 2.30. The Hall–Kier alpha value is -0.960. The summed E-state index contributed by atoms with van der Waals surface area (Å²) in [7, 11) is 0. The summed E-state index contributed by atoms with van der Waals surface area (Å²) in [6.45, 7) is 3.94. The van der Waals surface area contributed by atoms with Crippen molar-refractivity contribution in [1.29, 1.82) is 0 Å². The maximum atomic E-state index is 12.9. The van der Waals surface area contributed by atoms with Crippen molar-refractivity contribution in [3.05, 3.63) is 35.4 Å². The molecule has 0 aromatic heterocycles. The van der Waals surface area contributed by atoms with Gasteiger partial charge in [-0.1, -0.05) is 13.3 Å². The first-order valence-electron chi connectivity index (χ1n) is 5.17. The predicted octanol–water partition coefficient (Wildman–Crippen LogP) is 3.02. The highest BCUT2D eigenvalue weighted by Crippen LogP contribution is 2.17. The Morgan fingerprint density at radius 2 is 1.73 bits per heavy atom. The van der Waals surface area contributed by atoms with Crippen LogP contribution in [0.4, 0.5) is 8.78 Å². The zero-order valence-corrected chi connectivity index (χ0v) is 9.19. The topological polar surface area (TPSA) is 26.0 Å². The van der Waals surface area contributed by atoms with E-state index in [4.69, 9.17) is 5.73 Å². The lowest BCUT2D eigenvalue weighted by molar-refractivity contribution is 0.423. The molecule has 0 bridgehead atoms. The van der Waals surface area contributed by atoms with Crippen molar-refractivity contribution in [1.82, 2.24) is 0 Å². The minimum absolute atomic E-state index is 0.394. The van der Waals surface area contributed by atoms with E-state index in [2.05, 4.69) is 0 Å². The molecule has 2 N–H and O–H groups in total. The molecule has 3 heteroatoms. The van der Waals surface area contributed by atoms with Gasteiger partial charge in [0.2, 0.25) is 0 Å². The molecule has 1 nitrogen and oxygen atoms in total. The van der Waals surface area contributed by atoms with Crippen molar-refractivity contribution in [2.75, 3.05) is 0 Å². The van der Waals surface area contributed by atoms with Crippen LogP contribution in [-0.2, 0) is 6.42 Å². The molecule has 15 heavy (non-hydrogen) atoms. The zero-order chi connectivity index (χ0) is 11.5. The summed E-state index contributed by atoms with van der Waals surface area (Å²) in [6, 6.07) is 3.55. The summed E-state index contributed by atoms with van der Waals surface area (Å²) in [5, 5.41) is 0. The van der Waals surface area contributed by atoms with E-state index < -0.39 is 17.2 Å². The van der Waals surface area contributed by atoms with Crippen LogP contribution in [-0.4, -0.2) is 5.54 Å². The Labute approximate surface area is 89.3 Å². The maximum absolute atomic E-state index is 12.9. The molecular formula is C12H17F2N. The van der Waals surface area contributed by atoms with E-state index >= 15 is 0 Å². The van der Waals surface area contributed by atoms with Crippen molar-refractivity contribution in [3.8, 4) is 0 Å². The molecule has 0 radical (unpaired) electrons. The van der Waals surface area contributed by atoms with Crippen molar-refractivity contribution in [2.45, 2.75) is 38.6 Å². The zero-order valence-electron chi connectivity index (χ0n) is 9.19. The smallest absolute Gasteiger partial charge is 0.126 e. The fraction of sp³-hybridized carbons (Fsp3) is 0.500. The minimum atomic E-state index is -0.544. The predicted molar refractivity (Wildman–Crippen MR) is 57.6 cm³/mol. The second-order valence-corrected chi connectivity index (χ2v) is 4.36. The van der Waals surface area contributed by atoms with Gasteiger partial charge in [0, 0.05) is 11.6 Å². The molecule has 0 spiro atoms. The Morgan fingerprint density at radius 3 is 2.20 bits per heavy atom. The van der Waals surface area contributed by atoms with Gasteiger partial charge in [-0.2, -0.15) is 0 Å². The molecule has 0 aliphatic carbocycles. The Morgan fingerprint density at radius 1 is 1.20 bits per heavy atom. The molecule has 1 atom stereocenters. The average Bonchev–Trinajstić information content (AvgIpc) is 1.99. The lowest BCUT2D eigenvalue weighted by Crippen LogP contribution is -2.38. The summed E-state index contributed by atoms with van der Waals surface area (Å²) in [5.74, 6) is -1.09. The lowest BCUT2D eigenvalue weighted by Gasteiger charge is -2.24. The summed E-state index contributed by atoms with van der Waals surface area (Å²) in [5.41, 5.74) is 6.24. The third-order valence-corrected chi connectivity index (χ3v) is 2.35. The number of hydrogen-bond donors (Lipinski definition) is 1. The van der Waals surface area contributed by atoms with Crippen LogP contribution >= 0.6 is 0 Å². The maximum Gasteiger partial charge on any atom is 0.126 e. The molecule has 0 amide bonds. The lowest BCUT2D eigenvalue weighted by atomic mass is 9.89. The van der Waals surface area contributed by atoms with E-state index in [0.717, 1.165) is 18.9 Å². The highest BCUT2D eigenvalue weighted by atomic mass is 19.1. The quantitative estimate of drug-likeness (QED) is 0.817. The molecule has 0 fully saturated rings. The molecule has 1 aromatic carbocycles. The van der Waals surface area contributed by atoms with Gasteiger partial charge < -0.3 is 5.73 Å². The number of benzene rings is 1. The van der Waals surface area contributed by atoms with Crippen LogP contribution in [0.15, 0.2) is 18.2 Å². The highest BCUT2D eigenvalue weighted by molar-refractivity contribution is 5.20. The average molecular weight is 213 g/mol. The second kappa shape index (κ2) is 4.71. The first kappa shape index (κ1) is 12.1. The van der Waals surface area contributed by atoms with Crippen LogP contribution in [0.2, 0.25) is 0 Å². The number of nitrogens with two attached hydrogens (primary N) is 1. The third kappa shape index (κ3) is 3.96. The SMILES string of the molecule is CCCC(C)(N)Cc1cc(F)cc(F)c1. The largest absolute Gasteiger partial charge is 0.325 e. The van der Waals surface area contributed by atoms with Gasteiger partial charge in [-0.05, 0) is 37.5 Å². The monoisotopic (exact) mass is 213 g/mol. The molecule has 1 aromatic rings.